The van der Waals surface area contributed by atoms with Gasteiger partial charge in [-0.3, -0.25) is 105 Å². The minimum atomic E-state index is -1.80. The molecule has 5 aliphatic heterocycles. The lowest BCUT2D eigenvalue weighted by molar-refractivity contribution is -0.142. The van der Waals surface area contributed by atoms with Crippen molar-refractivity contribution < 1.29 is 111 Å². The Hall–Kier alpha value is -13.4. The molecular weight excluding hydrogens is 2020 g/mol. The van der Waals surface area contributed by atoms with E-state index in [4.69, 9.17) is 22.9 Å². The number of nitrogens with two attached hydrogens (primary N) is 4. The molecule has 21 atom stereocenters. The van der Waals surface area contributed by atoms with E-state index < -0.39 is 292 Å². The first-order valence-corrected chi connectivity index (χ1v) is 54.3. The maximum atomic E-state index is 15.6. The molecule has 5 aliphatic rings. The van der Waals surface area contributed by atoms with Crippen LogP contribution in [0, 0.1) is 11.8 Å². The Balaban J connectivity index is 1.01. The number of primary amides is 1. The van der Waals surface area contributed by atoms with Crippen molar-refractivity contribution in [2.45, 2.75) is 259 Å². The van der Waals surface area contributed by atoms with E-state index in [1.54, 1.807) is 81.4 Å². The Bertz CT molecular complexity index is 5330. The van der Waals surface area contributed by atoms with Gasteiger partial charge in [-0.25, -0.2) is 0 Å². The summed E-state index contributed by atoms with van der Waals surface area (Å²) in [6.07, 6.45) is 3.17. The third-order valence-electron chi connectivity index (χ3n) is 25.5. The quantitative estimate of drug-likeness (QED) is 0.0190. The van der Waals surface area contributed by atoms with Crippen LogP contribution in [0.1, 0.15) is 143 Å². The Kier molecular flexibility index (Phi) is 50.0. The van der Waals surface area contributed by atoms with Gasteiger partial charge in [0.25, 0.3) is 5.91 Å². The van der Waals surface area contributed by atoms with E-state index in [-0.39, 0.29) is 99.9 Å². The molecule has 150 heavy (non-hydrogen) atoms. The Morgan fingerprint density at radius 3 is 1.69 bits per heavy atom. The van der Waals surface area contributed by atoms with Crippen molar-refractivity contribution >= 4 is 177 Å². The summed E-state index contributed by atoms with van der Waals surface area (Å²) in [5, 5.41) is 62.5. The highest BCUT2D eigenvalue weighted by atomic mass is 32.2. The van der Waals surface area contributed by atoms with Gasteiger partial charge >= 0.3 is 0 Å². The molecule has 5 heterocycles. The minimum Gasteiger partial charge on any atom is -0.508 e. The minimum absolute atomic E-state index is 0.00166. The van der Waals surface area contributed by atoms with Crippen molar-refractivity contribution in [3.05, 3.63) is 125 Å². The zero-order valence-corrected chi connectivity index (χ0v) is 88.2. The lowest BCUT2D eigenvalue weighted by Gasteiger charge is -2.33. The fraction of sp³-hybridized carbons (Fsp3) is 0.551. The normalized spacial score (nSPS) is 25.1. The van der Waals surface area contributed by atoms with Crippen molar-refractivity contribution in [2.24, 2.45) is 34.8 Å². The van der Waals surface area contributed by atoms with Gasteiger partial charge in [0.2, 0.25) is 124 Å². The number of phenols is 1. The summed E-state index contributed by atoms with van der Waals surface area (Å²) in [7, 11) is 0. The van der Waals surface area contributed by atoms with Gasteiger partial charge in [-0.05, 0) is 131 Å². The van der Waals surface area contributed by atoms with Gasteiger partial charge in [0.15, 0.2) is 0 Å². The molecule has 52 heteroatoms. The zero-order valence-electron chi connectivity index (χ0n) is 84.9. The number of unbranched alkanes of at least 4 members (excludes halogenated alkanes) is 2. The van der Waals surface area contributed by atoms with E-state index >= 15 is 14.4 Å². The molecule has 4 saturated heterocycles. The molecule has 0 aliphatic carbocycles. The van der Waals surface area contributed by atoms with Crippen LogP contribution >= 0.6 is 47.0 Å². The third kappa shape index (κ3) is 38.5. The molecule has 820 valence electrons. The number of fused-ring (bicyclic) bond motifs is 7. The number of phenolic OH excluding ortho intramolecular Hbond substituents is 1. The number of hydrogen-bond donors (Lipinski definition) is 25. The lowest BCUT2D eigenvalue weighted by Crippen LogP contribution is -2.63. The van der Waals surface area contributed by atoms with Crippen LogP contribution in [-0.2, 0) is 125 Å². The SMILES string of the molecule is C/C=C(\NC(=O)C(CCCCN)NC(=O)C(C)NC(=O)C1CSC(C)C(NC(=O)C2CSCC(NC(=O)C(C)NC(=O)C(N)C(C)CC)C(=O)NC(CCCCN)C(=O)NC(Cc3ccccc3)C(=O)NC(C(C)CC)C(=O)N2)C(=O)N2CCCC2C(=O)NCC(=O)N1)C(=O)NCC(=O)NC1CSCC2NC(=O)C(Cc3ccc(O)cc3)NC(=O)C(CS/C=C\NC2=O)NC(=O)C(CC(N)=O)NC(=O)C(Cc2ccccc2)NC1=O. The molecule has 4 fully saturated rings. The van der Waals surface area contributed by atoms with Crippen LogP contribution < -0.4 is 129 Å². The predicted octanol–water partition coefficient (Wildman–Crippen LogP) is -6.02. The van der Waals surface area contributed by atoms with E-state index in [2.05, 4.69) is 106 Å². The van der Waals surface area contributed by atoms with Gasteiger partial charge in [0.05, 0.1) is 25.6 Å². The fourth-order valence-electron chi connectivity index (χ4n) is 16.2. The summed E-state index contributed by atoms with van der Waals surface area (Å²) in [6, 6.07) is -4.37. The number of allylic oxidation sites excluding steroid dienone is 1. The van der Waals surface area contributed by atoms with E-state index in [1.807, 2.05) is 6.92 Å². The molecule has 0 aromatic heterocycles. The Morgan fingerprint density at radius 2 is 1.07 bits per heavy atom. The zero-order chi connectivity index (χ0) is 110. The van der Waals surface area contributed by atoms with Crippen LogP contribution in [0.15, 0.2) is 108 Å². The molecule has 29 N–H and O–H groups in total. The van der Waals surface area contributed by atoms with Gasteiger partial charge < -0.3 is 139 Å². The smallest absolute Gasteiger partial charge is 0.267 e. The molecule has 48 nitrogen and oxygen atoms in total. The third-order valence-corrected chi connectivity index (χ3v) is 30.0. The summed E-state index contributed by atoms with van der Waals surface area (Å²) in [4.78, 5) is 319. The van der Waals surface area contributed by atoms with Crippen LogP contribution in [0.5, 0.6) is 5.75 Å². The van der Waals surface area contributed by atoms with Crippen LogP contribution in [0.4, 0.5) is 0 Å². The number of hydrogen-bond acceptors (Lipinski definition) is 30. The Morgan fingerprint density at radius 1 is 0.527 bits per heavy atom. The molecule has 3 aromatic carbocycles. The predicted molar refractivity (Wildman–Crippen MR) is 560 cm³/mol. The number of aromatic hydroxyl groups is 1. The summed E-state index contributed by atoms with van der Waals surface area (Å²) in [6.45, 7) is 11.1. The average molecular weight is 2170 g/mol. The molecule has 0 spiro atoms. The second-order valence-corrected chi connectivity index (χ2v) is 41.6. The summed E-state index contributed by atoms with van der Waals surface area (Å²) >= 11 is 3.54. The van der Waals surface area contributed by atoms with Gasteiger partial charge in [0, 0.05) is 71.8 Å². The van der Waals surface area contributed by atoms with Crippen LogP contribution in [0.3, 0.4) is 0 Å². The van der Waals surface area contributed by atoms with Crippen LogP contribution in [0.25, 0.3) is 0 Å². The molecule has 8 rings (SSSR count). The number of carbonyl (C=O) groups is 22. The van der Waals surface area contributed by atoms with Gasteiger partial charge in [-0.15, -0.1) is 11.8 Å². The van der Waals surface area contributed by atoms with E-state index in [0.29, 0.717) is 48.8 Å². The summed E-state index contributed by atoms with van der Waals surface area (Å²) in [5.41, 5.74) is 24.6. The number of nitrogens with one attached hydrogen (secondary N) is 20. The second-order valence-electron chi connectivity index (χ2n) is 37.1. The first-order valence-electron chi connectivity index (χ1n) is 49.9. The molecular formula is C98H141N25O23S4. The van der Waals surface area contributed by atoms with Crippen molar-refractivity contribution in [1.82, 2.24) is 111 Å². The summed E-state index contributed by atoms with van der Waals surface area (Å²) in [5.74, 6) is -23.9. The molecule has 2 bridgehead atoms. The average Bonchev–Trinajstić information content (AvgIpc) is 1.62. The molecule has 0 saturated carbocycles. The molecule has 22 amide bonds. The highest BCUT2D eigenvalue weighted by molar-refractivity contribution is 8.02. The largest absolute Gasteiger partial charge is 0.508 e. The fourth-order valence-corrected chi connectivity index (χ4v) is 20.2. The number of nitrogens with zero attached hydrogens (tertiary/aromatic N) is 1. The van der Waals surface area contributed by atoms with Crippen LogP contribution in [-0.4, -0.2) is 321 Å². The summed E-state index contributed by atoms with van der Waals surface area (Å²) < 4.78 is 0. The van der Waals surface area contributed by atoms with Crippen molar-refractivity contribution in [1.29, 1.82) is 0 Å². The van der Waals surface area contributed by atoms with E-state index in [0.717, 1.165) is 53.1 Å². The van der Waals surface area contributed by atoms with E-state index in [1.165, 1.54) is 68.5 Å². The topological polar surface area (TPSA) is 744 Å². The first kappa shape index (κ1) is 122. The number of amides is 22. The maximum Gasteiger partial charge on any atom is 0.267 e. The second kappa shape index (κ2) is 61.6. The van der Waals surface area contributed by atoms with Crippen molar-refractivity contribution in [2.75, 3.05) is 67.2 Å². The number of thioether (sulfide) groups is 4. The maximum absolute atomic E-state index is 15.6. The first-order chi connectivity index (χ1) is 71.5. The molecule has 3 aromatic rings. The number of carbonyl (C=O) groups excluding carboxylic acids is 22. The van der Waals surface area contributed by atoms with Crippen molar-refractivity contribution in [3.63, 3.8) is 0 Å². The number of rotatable bonds is 36. The monoisotopic (exact) mass is 2160 g/mol. The van der Waals surface area contributed by atoms with E-state index in [9.17, 15) is 96.2 Å². The highest BCUT2D eigenvalue weighted by Gasteiger charge is 2.45. The van der Waals surface area contributed by atoms with Gasteiger partial charge in [0.1, 0.15) is 114 Å². The standard InChI is InChI=1S/C98H141N25O23S4/c1-9-51(4)77(102)96(144)107-54(7)81(129)117-70-48-149-49-71(120-97(145)78(52(5)10-2)121-89(137)65(40-57-25-16-13-17-26-57)113-85(133)62(112-92(70)140)28-19-21-35-100)94(142)122-79-55(8)150-50-72(109-76(127)44-105-95(143)73-29-22-37-123(73)98(79)146)90(138)106-53(6)80(128)111-61(27-18-20-34-99)84(132)110-60(11-3)82(130)104-43-75(126)108-68-47-148-46-67-83(131)103-36-38-147-45-69(93(141)115-64(87(135)118-67)41-58-30-32-59(124)33-31-58)119-88(136)66(42-74(101)125)116-86(134)63(114-91(68)139)39-56-23-14-12-15-24-56/h11-17,23-26,30-33,36,38,51-55,61-73,77-79,124H,9-10,18-22,27-29,34-35,37,39-50,99-100,102H2,1-8H3,(H2,101,125)(H,103,131)(H,104,130)(H,105,143)(H,106,138)(H,107,144)(H,108,126)(H,109,127)(H,110,132)(H,111,128)(H,112,140)(H,113,133)(H,114,139)(H,115,141)(H,116,134)(H,117,129)(H,118,135)(H,119,136)(H,120,145)(H,121,137)(H,122,142)/b38-36-,60-11-. The van der Waals surface area contributed by atoms with Crippen molar-refractivity contribution in [3.8, 4) is 5.75 Å². The van der Waals surface area contributed by atoms with Crippen LogP contribution in [0.2, 0.25) is 0 Å². The van der Waals surface area contributed by atoms with Gasteiger partial charge in [-0.1, -0.05) is 126 Å². The number of benzene rings is 3. The highest BCUT2D eigenvalue weighted by Crippen LogP contribution is 2.27. The Labute approximate surface area is 885 Å². The molecule has 0 radical (unpaired) electrons. The lowest BCUT2D eigenvalue weighted by atomic mass is 9.96. The molecule has 21 unspecified atom stereocenters. The van der Waals surface area contributed by atoms with Gasteiger partial charge in [-0.2, -0.15) is 35.3 Å².